The SMILES string of the molecule is CNc1cc(C(=O)Nc2ccc3nc(C)cn3c2)cc(Cl)n1. The monoisotopic (exact) mass is 315 g/mol. The van der Waals surface area contributed by atoms with Crippen molar-refractivity contribution in [2.24, 2.45) is 0 Å². The summed E-state index contributed by atoms with van der Waals surface area (Å²) in [4.78, 5) is 20.7. The Morgan fingerprint density at radius 1 is 1.23 bits per heavy atom. The summed E-state index contributed by atoms with van der Waals surface area (Å²) in [5, 5.41) is 5.96. The molecule has 0 saturated heterocycles. The van der Waals surface area contributed by atoms with Gasteiger partial charge in [-0.05, 0) is 31.2 Å². The Kier molecular flexibility index (Phi) is 3.68. The Morgan fingerprint density at radius 3 is 2.82 bits per heavy atom. The number of carbonyl (C=O) groups excluding carboxylic acids is 1. The number of fused-ring (bicyclic) bond motifs is 1. The lowest BCUT2D eigenvalue weighted by molar-refractivity contribution is 0.102. The van der Waals surface area contributed by atoms with Gasteiger partial charge >= 0.3 is 0 Å². The Morgan fingerprint density at radius 2 is 2.05 bits per heavy atom. The molecule has 0 fully saturated rings. The van der Waals surface area contributed by atoms with Crippen LogP contribution in [0.5, 0.6) is 0 Å². The Labute approximate surface area is 132 Å². The number of amides is 1. The van der Waals surface area contributed by atoms with E-state index in [0.717, 1.165) is 11.3 Å². The lowest BCUT2D eigenvalue weighted by Crippen LogP contribution is -2.13. The number of pyridine rings is 2. The van der Waals surface area contributed by atoms with Gasteiger partial charge in [0.05, 0.1) is 11.4 Å². The topological polar surface area (TPSA) is 71.3 Å². The lowest BCUT2D eigenvalue weighted by atomic mass is 10.2. The van der Waals surface area contributed by atoms with Crippen LogP contribution >= 0.6 is 11.6 Å². The summed E-state index contributed by atoms with van der Waals surface area (Å²) >= 11 is 5.91. The van der Waals surface area contributed by atoms with Crippen molar-refractivity contribution in [2.75, 3.05) is 17.7 Å². The van der Waals surface area contributed by atoms with E-state index in [1.165, 1.54) is 6.07 Å². The molecular formula is C15H14ClN5O. The van der Waals surface area contributed by atoms with Crippen molar-refractivity contribution in [3.63, 3.8) is 0 Å². The van der Waals surface area contributed by atoms with E-state index in [0.29, 0.717) is 17.1 Å². The van der Waals surface area contributed by atoms with Crippen LogP contribution in [0.2, 0.25) is 5.15 Å². The molecule has 22 heavy (non-hydrogen) atoms. The first-order valence-electron chi connectivity index (χ1n) is 6.67. The van der Waals surface area contributed by atoms with Crippen molar-refractivity contribution < 1.29 is 4.79 Å². The van der Waals surface area contributed by atoms with Crippen molar-refractivity contribution in [3.05, 3.63) is 53.1 Å². The number of hydrogen-bond donors (Lipinski definition) is 2. The molecule has 0 spiro atoms. The zero-order chi connectivity index (χ0) is 15.7. The molecular weight excluding hydrogens is 302 g/mol. The van der Waals surface area contributed by atoms with Gasteiger partial charge in [-0.15, -0.1) is 0 Å². The minimum atomic E-state index is -0.253. The Bertz CT molecular complexity index is 858. The summed E-state index contributed by atoms with van der Waals surface area (Å²) in [5.41, 5.74) is 2.86. The van der Waals surface area contributed by atoms with Gasteiger partial charge in [0.2, 0.25) is 0 Å². The van der Waals surface area contributed by atoms with E-state index in [9.17, 15) is 4.79 Å². The second-order valence-corrected chi connectivity index (χ2v) is 5.22. The summed E-state index contributed by atoms with van der Waals surface area (Å²) in [5.74, 6) is 0.287. The van der Waals surface area contributed by atoms with Crippen molar-refractivity contribution in [1.82, 2.24) is 14.4 Å². The van der Waals surface area contributed by atoms with Crippen LogP contribution < -0.4 is 10.6 Å². The first kappa shape index (κ1) is 14.3. The number of hydrogen-bond acceptors (Lipinski definition) is 4. The molecule has 0 unspecified atom stereocenters. The number of nitrogens with zero attached hydrogens (tertiary/aromatic N) is 3. The minimum Gasteiger partial charge on any atom is -0.373 e. The summed E-state index contributed by atoms with van der Waals surface area (Å²) in [6.07, 6.45) is 3.71. The molecule has 6 nitrogen and oxygen atoms in total. The molecule has 1 amide bonds. The average Bonchev–Trinajstić information content (AvgIpc) is 2.85. The second-order valence-electron chi connectivity index (χ2n) is 4.83. The molecule has 2 N–H and O–H groups in total. The number of carbonyl (C=O) groups is 1. The number of imidazole rings is 1. The van der Waals surface area contributed by atoms with E-state index in [4.69, 9.17) is 11.6 Å². The first-order chi connectivity index (χ1) is 10.5. The van der Waals surface area contributed by atoms with Crippen LogP contribution in [0.4, 0.5) is 11.5 Å². The van der Waals surface area contributed by atoms with Crippen molar-refractivity contribution in [3.8, 4) is 0 Å². The zero-order valence-electron chi connectivity index (χ0n) is 12.1. The minimum absolute atomic E-state index is 0.253. The van der Waals surface area contributed by atoms with Gasteiger partial charge in [0.15, 0.2) is 0 Å². The van der Waals surface area contributed by atoms with Crippen LogP contribution in [-0.2, 0) is 0 Å². The highest BCUT2D eigenvalue weighted by molar-refractivity contribution is 6.30. The van der Waals surface area contributed by atoms with Crippen LogP contribution in [0.15, 0.2) is 36.7 Å². The van der Waals surface area contributed by atoms with E-state index in [1.807, 2.05) is 29.8 Å². The molecule has 0 bridgehead atoms. The second kappa shape index (κ2) is 5.65. The highest BCUT2D eigenvalue weighted by Gasteiger charge is 2.10. The molecule has 3 rings (SSSR count). The summed E-state index contributed by atoms with van der Waals surface area (Å²) in [6, 6.07) is 6.82. The fraction of sp³-hybridized carbons (Fsp3) is 0.133. The Hall–Kier alpha value is -2.60. The van der Waals surface area contributed by atoms with Crippen molar-refractivity contribution in [2.45, 2.75) is 6.92 Å². The molecule has 0 radical (unpaired) electrons. The standard InChI is InChI=1S/C15H14ClN5O/c1-9-7-21-8-11(3-4-14(21)18-9)19-15(22)10-5-12(16)20-13(6-10)17-2/h3-8H,1-2H3,(H,17,20)(H,19,22). The quantitative estimate of drug-likeness (QED) is 0.729. The first-order valence-corrected chi connectivity index (χ1v) is 7.05. The number of aryl methyl sites for hydroxylation is 1. The van der Waals surface area contributed by atoms with Gasteiger partial charge < -0.3 is 15.0 Å². The van der Waals surface area contributed by atoms with Gasteiger partial charge in [0.1, 0.15) is 16.6 Å². The molecule has 7 heteroatoms. The van der Waals surface area contributed by atoms with Crippen molar-refractivity contribution in [1.29, 1.82) is 0 Å². The fourth-order valence-corrected chi connectivity index (χ4v) is 2.36. The predicted octanol–water partition coefficient (Wildman–Crippen LogP) is 2.99. The number of nitrogens with one attached hydrogen (secondary N) is 2. The number of anilines is 2. The fourth-order valence-electron chi connectivity index (χ4n) is 2.15. The number of halogens is 1. The third-order valence-electron chi connectivity index (χ3n) is 3.14. The van der Waals surface area contributed by atoms with E-state index < -0.39 is 0 Å². The van der Waals surface area contributed by atoms with Crippen LogP contribution in [-0.4, -0.2) is 27.3 Å². The van der Waals surface area contributed by atoms with Crippen LogP contribution in [0, 0.1) is 6.92 Å². The highest BCUT2D eigenvalue weighted by atomic mass is 35.5. The molecule has 0 saturated carbocycles. The van der Waals surface area contributed by atoms with Gasteiger partial charge in [-0.25, -0.2) is 9.97 Å². The maximum Gasteiger partial charge on any atom is 0.255 e. The number of rotatable bonds is 3. The third kappa shape index (κ3) is 2.87. The van der Waals surface area contributed by atoms with Crippen molar-refractivity contribution >= 4 is 34.7 Å². The largest absolute Gasteiger partial charge is 0.373 e. The molecule has 0 aliphatic carbocycles. The number of aromatic nitrogens is 3. The van der Waals surface area contributed by atoms with E-state index in [2.05, 4.69) is 20.6 Å². The maximum absolute atomic E-state index is 12.3. The van der Waals surface area contributed by atoms with Crippen LogP contribution in [0.3, 0.4) is 0 Å². The lowest BCUT2D eigenvalue weighted by Gasteiger charge is -2.07. The van der Waals surface area contributed by atoms with Gasteiger partial charge in [-0.2, -0.15) is 0 Å². The van der Waals surface area contributed by atoms with Gasteiger partial charge in [-0.1, -0.05) is 11.6 Å². The zero-order valence-corrected chi connectivity index (χ0v) is 12.8. The average molecular weight is 316 g/mol. The molecule has 112 valence electrons. The molecule has 0 aliphatic heterocycles. The summed E-state index contributed by atoms with van der Waals surface area (Å²) in [6.45, 7) is 1.92. The molecule has 3 heterocycles. The summed E-state index contributed by atoms with van der Waals surface area (Å²) < 4.78 is 1.86. The normalized spacial score (nSPS) is 10.7. The van der Waals surface area contributed by atoms with Crippen LogP contribution in [0.1, 0.15) is 16.1 Å². The molecule has 3 aromatic rings. The van der Waals surface area contributed by atoms with Gasteiger partial charge in [0.25, 0.3) is 5.91 Å². The van der Waals surface area contributed by atoms with Crippen LogP contribution in [0.25, 0.3) is 5.65 Å². The maximum atomic E-state index is 12.3. The molecule has 0 aliphatic rings. The van der Waals surface area contributed by atoms with E-state index in [-0.39, 0.29) is 11.1 Å². The Balaban J connectivity index is 1.87. The smallest absolute Gasteiger partial charge is 0.255 e. The van der Waals surface area contributed by atoms with Gasteiger partial charge in [-0.3, -0.25) is 4.79 Å². The van der Waals surface area contributed by atoms with E-state index >= 15 is 0 Å². The molecule has 3 aromatic heterocycles. The summed E-state index contributed by atoms with van der Waals surface area (Å²) in [7, 11) is 1.72. The van der Waals surface area contributed by atoms with E-state index in [1.54, 1.807) is 19.2 Å². The highest BCUT2D eigenvalue weighted by Crippen LogP contribution is 2.17. The third-order valence-corrected chi connectivity index (χ3v) is 3.34. The molecule has 0 atom stereocenters. The predicted molar refractivity (Wildman–Crippen MR) is 86.7 cm³/mol. The van der Waals surface area contributed by atoms with Gasteiger partial charge in [0, 0.05) is 25.0 Å². The molecule has 0 aromatic carbocycles.